The number of rotatable bonds is 7. The maximum absolute atomic E-state index is 12.8. The first-order chi connectivity index (χ1) is 17.2. The van der Waals surface area contributed by atoms with Crippen molar-refractivity contribution in [2.75, 3.05) is 25.4 Å². The molecule has 3 heterocycles. The maximum Gasteiger partial charge on any atom is 0.416 e. The number of aryl methyl sites for hydroxylation is 1. The van der Waals surface area contributed by atoms with Crippen LogP contribution in [-0.2, 0) is 18.6 Å². The lowest BCUT2D eigenvalue weighted by Crippen LogP contribution is -2.27. The van der Waals surface area contributed by atoms with Gasteiger partial charge in [-0.3, -0.25) is 0 Å². The Labute approximate surface area is 215 Å². The second-order valence-corrected chi connectivity index (χ2v) is 12.1. The summed E-state index contributed by atoms with van der Waals surface area (Å²) in [4.78, 5) is 7.27. The van der Waals surface area contributed by atoms with Crippen LogP contribution in [0.25, 0.3) is 21.6 Å². The van der Waals surface area contributed by atoms with Gasteiger partial charge in [0.25, 0.3) is 0 Å². The number of alkyl halides is 3. The molecule has 4 aromatic rings. The molecule has 2 aromatic carbocycles. The van der Waals surface area contributed by atoms with Crippen LogP contribution in [0.15, 0.2) is 47.6 Å². The van der Waals surface area contributed by atoms with E-state index in [2.05, 4.69) is 45.2 Å². The molecule has 2 aliphatic rings. The number of thioether (sulfide) groups is 1. The molecule has 1 saturated carbocycles. The Bertz CT molecular complexity index is 1410. The van der Waals surface area contributed by atoms with E-state index in [1.807, 2.05) is 11.6 Å². The van der Waals surface area contributed by atoms with Crippen molar-refractivity contribution in [3.05, 3.63) is 58.6 Å². The van der Waals surface area contributed by atoms with E-state index in [0.717, 1.165) is 65.5 Å². The Morgan fingerprint density at radius 3 is 2.72 bits per heavy atom. The standard InChI is InChI=1S/C26H26F3N5S2/c1-16-30-21-12-19(8-9-22(21)36-16)25-13-20(25)14-34(15-25)10-3-11-35-24-32-31-23(33(24)2)17-4-6-18(7-5-17)26(27,28)29/h4-9,12,20H,3,10-11,13-15H2,1-2H3/t20-,25-/m1/s1. The van der Waals surface area contributed by atoms with Crippen molar-refractivity contribution in [1.29, 1.82) is 0 Å². The predicted octanol–water partition coefficient (Wildman–Crippen LogP) is 6.17. The van der Waals surface area contributed by atoms with Crippen molar-refractivity contribution in [3.8, 4) is 11.4 Å². The molecule has 0 radical (unpaired) electrons. The Kier molecular flexibility index (Phi) is 5.88. The smallest absolute Gasteiger partial charge is 0.305 e. The quantitative estimate of drug-likeness (QED) is 0.212. The monoisotopic (exact) mass is 529 g/mol. The van der Waals surface area contributed by atoms with Gasteiger partial charge in [0.05, 0.1) is 20.8 Å². The van der Waals surface area contributed by atoms with E-state index < -0.39 is 11.7 Å². The fourth-order valence-electron chi connectivity index (χ4n) is 5.51. The highest BCUT2D eigenvalue weighted by atomic mass is 32.2. The van der Waals surface area contributed by atoms with Crippen LogP contribution >= 0.6 is 23.1 Å². The number of hydrogen-bond donors (Lipinski definition) is 0. The number of hydrogen-bond acceptors (Lipinski definition) is 6. The van der Waals surface area contributed by atoms with Crippen LogP contribution in [0.5, 0.6) is 0 Å². The van der Waals surface area contributed by atoms with E-state index in [0.29, 0.717) is 16.8 Å². The molecule has 6 rings (SSSR count). The lowest BCUT2D eigenvalue weighted by Gasteiger charge is -2.21. The van der Waals surface area contributed by atoms with E-state index in [4.69, 9.17) is 0 Å². The van der Waals surface area contributed by atoms with Crippen LogP contribution in [0.4, 0.5) is 13.2 Å². The molecule has 2 fully saturated rings. The van der Waals surface area contributed by atoms with Gasteiger partial charge in [-0.1, -0.05) is 30.0 Å². The van der Waals surface area contributed by atoms with E-state index in [1.54, 1.807) is 23.1 Å². The molecule has 1 aliphatic carbocycles. The molecule has 0 bridgehead atoms. The predicted molar refractivity (Wildman–Crippen MR) is 137 cm³/mol. The molecule has 0 unspecified atom stereocenters. The first-order valence-electron chi connectivity index (χ1n) is 12.0. The number of aromatic nitrogens is 4. The molecule has 2 atom stereocenters. The van der Waals surface area contributed by atoms with E-state index >= 15 is 0 Å². The van der Waals surface area contributed by atoms with Gasteiger partial charge in [0.2, 0.25) is 0 Å². The van der Waals surface area contributed by atoms with Crippen molar-refractivity contribution in [3.63, 3.8) is 0 Å². The van der Waals surface area contributed by atoms with Gasteiger partial charge in [-0.05, 0) is 62.1 Å². The first kappa shape index (κ1) is 23.9. The van der Waals surface area contributed by atoms with E-state index in [-0.39, 0.29) is 0 Å². The maximum atomic E-state index is 12.8. The Balaban J connectivity index is 1.02. The summed E-state index contributed by atoms with van der Waals surface area (Å²) in [5.41, 5.74) is 2.83. The van der Waals surface area contributed by atoms with Crippen LogP contribution in [-0.4, -0.2) is 50.0 Å². The highest BCUT2D eigenvalue weighted by molar-refractivity contribution is 7.99. The first-order valence-corrected chi connectivity index (χ1v) is 13.8. The number of benzene rings is 2. The summed E-state index contributed by atoms with van der Waals surface area (Å²) in [6.07, 6.45) is -2.03. The topological polar surface area (TPSA) is 46.8 Å². The molecule has 10 heteroatoms. The average molecular weight is 530 g/mol. The minimum absolute atomic E-state index is 0.305. The summed E-state index contributed by atoms with van der Waals surface area (Å²) in [6.45, 7) is 5.38. The van der Waals surface area contributed by atoms with Crippen molar-refractivity contribution in [2.45, 2.75) is 36.5 Å². The molecular weight excluding hydrogens is 503 g/mol. The third kappa shape index (κ3) is 4.33. The van der Waals surface area contributed by atoms with Gasteiger partial charge in [0.1, 0.15) is 0 Å². The third-order valence-corrected chi connectivity index (χ3v) is 9.50. The molecule has 0 spiro atoms. The van der Waals surface area contributed by atoms with Gasteiger partial charge in [-0.2, -0.15) is 13.2 Å². The fraction of sp³-hybridized carbons (Fsp3) is 0.423. The average Bonchev–Trinajstić information content (AvgIpc) is 3.12. The van der Waals surface area contributed by atoms with Gasteiger partial charge >= 0.3 is 6.18 Å². The van der Waals surface area contributed by atoms with Crippen LogP contribution in [0.2, 0.25) is 0 Å². The lowest BCUT2D eigenvalue weighted by molar-refractivity contribution is -0.137. The molecule has 1 saturated heterocycles. The normalized spacial score (nSPS) is 21.9. The number of thiazole rings is 1. The molecule has 36 heavy (non-hydrogen) atoms. The van der Waals surface area contributed by atoms with E-state index in [1.165, 1.54) is 28.8 Å². The van der Waals surface area contributed by atoms with Crippen molar-refractivity contribution in [2.24, 2.45) is 13.0 Å². The Morgan fingerprint density at radius 1 is 1.14 bits per heavy atom. The summed E-state index contributed by atoms with van der Waals surface area (Å²) >= 11 is 3.39. The second-order valence-electron chi connectivity index (χ2n) is 9.85. The number of fused-ring (bicyclic) bond motifs is 2. The molecule has 1 aliphatic heterocycles. The SMILES string of the molecule is Cc1nc2cc([C@]34C[C@@H]3CN(CCCSc3nnc(-c5ccc(C(F)(F)F)cc5)n3C)C4)ccc2s1. The van der Waals surface area contributed by atoms with Crippen LogP contribution in [0.1, 0.15) is 29.0 Å². The van der Waals surface area contributed by atoms with Crippen molar-refractivity contribution >= 4 is 33.3 Å². The number of likely N-dealkylation sites (tertiary alicyclic amines) is 1. The highest BCUT2D eigenvalue weighted by Gasteiger charge is 2.60. The Morgan fingerprint density at radius 2 is 1.94 bits per heavy atom. The zero-order valence-electron chi connectivity index (χ0n) is 20.0. The summed E-state index contributed by atoms with van der Waals surface area (Å²) in [5.74, 6) is 2.23. The molecule has 0 amide bonds. The second kappa shape index (κ2) is 8.85. The summed E-state index contributed by atoms with van der Waals surface area (Å²) in [7, 11) is 1.85. The van der Waals surface area contributed by atoms with Crippen LogP contribution in [0.3, 0.4) is 0 Å². The summed E-state index contributed by atoms with van der Waals surface area (Å²) in [5, 5.41) is 10.4. The minimum Gasteiger partial charge on any atom is -0.305 e. The number of nitrogens with zero attached hydrogens (tertiary/aromatic N) is 5. The zero-order valence-corrected chi connectivity index (χ0v) is 21.7. The lowest BCUT2D eigenvalue weighted by atomic mass is 9.95. The number of halogens is 3. The largest absolute Gasteiger partial charge is 0.416 e. The Hall–Kier alpha value is -2.43. The fourth-order valence-corrected chi connectivity index (χ4v) is 7.15. The molecule has 188 valence electrons. The van der Waals surface area contributed by atoms with Crippen LogP contribution in [0, 0.1) is 12.8 Å². The van der Waals surface area contributed by atoms with E-state index in [9.17, 15) is 13.2 Å². The third-order valence-electron chi connectivity index (χ3n) is 7.44. The molecule has 5 nitrogen and oxygen atoms in total. The summed E-state index contributed by atoms with van der Waals surface area (Å²) < 4.78 is 41.6. The highest BCUT2D eigenvalue weighted by Crippen LogP contribution is 2.59. The van der Waals surface area contributed by atoms with Crippen molar-refractivity contribution < 1.29 is 13.2 Å². The summed E-state index contributed by atoms with van der Waals surface area (Å²) in [6, 6.07) is 11.9. The van der Waals surface area contributed by atoms with Crippen molar-refractivity contribution in [1.82, 2.24) is 24.6 Å². The zero-order chi connectivity index (χ0) is 25.1. The molecule has 2 aromatic heterocycles. The van der Waals surface area contributed by atoms with Gasteiger partial charge in [0, 0.05) is 36.9 Å². The van der Waals surface area contributed by atoms with Crippen LogP contribution < -0.4 is 0 Å². The number of piperidine rings is 1. The van der Waals surface area contributed by atoms with Gasteiger partial charge in [0.15, 0.2) is 11.0 Å². The van der Waals surface area contributed by atoms with Gasteiger partial charge < -0.3 is 9.47 Å². The molecular formula is C26H26F3N5S2. The van der Waals surface area contributed by atoms with Gasteiger partial charge in [-0.15, -0.1) is 21.5 Å². The minimum atomic E-state index is -4.34. The molecule has 0 N–H and O–H groups in total. The van der Waals surface area contributed by atoms with Gasteiger partial charge in [-0.25, -0.2) is 4.98 Å².